The second-order valence-electron chi connectivity index (χ2n) is 20.7. The molecular weight excluding hydrogens is 929 g/mol. The van der Waals surface area contributed by atoms with Crippen LogP contribution in [-0.4, -0.2) is 4.57 Å². The van der Waals surface area contributed by atoms with Gasteiger partial charge in [-0.2, -0.15) is 0 Å². The molecule has 0 N–H and O–H groups in total. The lowest BCUT2D eigenvalue weighted by Gasteiger charge is -2.36. The first-order valence-electron chi connectivity index (χ1n) is 26.7. The first kappa shape index (κ1) is 43.4. The Hall–Kier alpha value is -10.0. The molecule has 14 aromatic rings. The minimum atomic E-state index is -0.541. The average molecular weight is 977 g/mol. The summed E-state index contributed by atoms with van der Waals surface area (Å²) in [5, 5.41) is 7.36. The summed E-state index contributed by atoms with van der Waals surface area (Å²) >= 11 is 0. The molecular formula is C75H48N2. The maximum Gasteiger partial charge on any atom is 0.0746 e. The van der Waals surface area contributed by atoms with Crippen LogP contribution in [0.1, 0.15) is 22.3 Å². The maximum atomic E-state index is 2.53. The molecule has 0 amide bonds. The van der Waals surface area contributed by atoms with E-state index in [0.717, 1.165) is 17.1 Å². The summed E-state index contributed by atoms with van der Waals surface area (Å²) in [5.74, 6) is 0. The van der Waals surface area contributed by atoms with Gasteiger partial charge in [-0.3, -0.25) is 0 Å². The SMILES string of the molecule is c1ccc(-c2cccc3cccc(-c4ccc(N(c5ccc6cc(-c7ccccc7-n7c8ccccc8c8ccccc87)ccc6c5)c5cccc6c5C5(c7ccccc7-c7ccccc75)c5ccccc5-6)cc4)c23)cc1. The zero-order valence-corrected chi connectivity index (χ0v) is 42.1. The zero-order chi connectivity index (χ0) is 50.6. The van der Waals surface area contributed by atoms with Gasteiger partial charge < -0.3 is 9.47 Å². The van der Waals surface area contributed by atoms with Crippen molar-refractivity contribution >= 4 is 60.4 Å². The van der Waals surface area contributed by atoms with E-state index in [4.69, 9.17) is 0 Å². The molecule has 1 spiro atoms. The maximum absolute atomic E-state index is 2.53. The highest BCUT2D eigenvalue weighted by Gasteiger charge is 2.53. The Morgan fingerprint density at radius 3 is 1.42 bits per heavy atom. The number of benzene rings is 13. The minimum Gasteiger partial charge on any atom is -0.310 e. The minimum absolute atomic E-state index is 0.541. The molecule has 0 bridgehead atoms. The van der Waals surface area contributed by atoms with Crippen LogP contribution in [0.4, 0.5) is 17.1 Å². The fraction of sp³-hybridized carbons (Fsp3) is 0.0133. The largest absolute Gasteiger partial charge is 0.310 e. The first-order chi connectivity index (χ1) is 38.2. The van der Waals surface area contributed by atoms with Gasteiger partial charge in [-0.05, 0) is 143 Å². The smallest absolute Gasteiger partial charge is 0.0746 e. The van der Waals surface area contributed by atoms with Gasteiger partial charge in [0.05, 0.1) is 27.8 Å². The van der Waals surface area contributed by atoms with Crippen LogP contribution < -0.4 is 4.90 Å². The first-order valence-corrected chi connectivity index (χ1v) is 26.7. The van der Waals surface area contributed by atoms with Crippen molar-refractivity contribution in [3.63, 3.8) is 0 Å². The van der Waals surface area contributed by atoms with E-state index in [1.54, 1.807) is 0 Å². The molecule has 0 saturated carbocycles. The summed E-state index contributed by atoms with van der Waals surface area (Å²) < 4.78 is 2.43. The molecule has 0 aliphatic heterocycles. The van der Waals surface area contributed by atoms with E-state index >= 15 is 0 Å². The molecule has 13 aromatic carbocycles. The Labute approximate surface area is 447 Å². The standard InChI is InChI=1S/C75H48N2/c1-2-19-49(20-3-1)58-29-16-21-51-22-17-30-59(73(51)58)50-41-44-55(45-42-50)76(72-38-18-31-65-62-26-6-12-34-68(62)75(74(65)72)66-32-10-4-24-60(66)61-25-5-11-33-67(61)75)56-46-43-52-47-54(40-39-53(52)48-56)57-23-7-13-35-69(57)77-70-36-14-8-27-63(70)64-28-9-15-37-71(64)77/h1-48H. The van der Waals surface area contributed by atoms with Crippen LogP contribution in [0.25, 0.3) is 105 Å². The quantitative estimate of drug-likeness (QED) is 0.154. The van der Waals surface area contributed by atoms with Crippen LogP contribution in [0.3, 0.4) is 0 Å². The van der Waals surface area contributed by atoms with E-state index in [1.165, 1.54) is 127 Å². The number of hydrogen-bond donors (Lipinski definition) is 0. The third-order valence-corrected chi connectivity index (χ3v) is 16.8. The predicted octanol–water partition coefficient (Wildman–Crippen LogP) is 19.9. The molecule has 0 radical (unpaired) electrons. The number of aromatic nitrogens is 1. The number of fused-ring (bicyclic) bond motifs is 15. The number of nitrogens with zero attached hydrogens (tertiary/aromatic N) is 2. The van der Waals surface area contributed by atoms with E-state index in [2.05, 4.69) is 301 Å². The number of para-hydroxylation sites is 3. The molecule has 2 nitrogen and oxygen atoms in total. The number of rotatable bonds is 7. The van der Waals surface area contributed by atoms with Gasteiger partial charge in [-0.15, -0.1) is 0 Å². The predicted molar refractivity (Wildman–Crippen MR) is 323 cm³/mol. The Morgan fingerprint density at radius 2 is 0.753 bits per heavy atom. The molecule has 0 atom stereocenters. The Morgan fingerprint density at radius 1 is 0.286 bits per heavy atom. The number of hydrogen-bond acceptors (Lipinski definition) is 1. The van der Waals surface area contributed by atoms with E-state index in [-0.39, 0.29) is 0 Å². The highest BCUT2D eigenvalue weighted by molar-refractivity contribution is 6.10. The monoisotopic (exact) mass is 976 g/mol. The lowest BCUT2D eigenvalue weighted by atomic mass is 9.70. The van der Waals surface area contributed by atoms with Crippen LogP contribution in [0, 0.1) is 0 Å². The average Bonchev–Trinajstić information content (AvgIpc) is 4.21. The van der Waals surface area contributed by atoms with Crippen LogP contribution in [0.2, 0.25) is 0 Å². The molecule has 0 saturated heterocycles. The van der Waals surface area contributed by atoms with E-state index < -0.39 is 5.41 Å². The molecule has 0 fully saturated rings. The summed E-state index contributed by atoms with van der Waals surface area (Å²) in [7, 11) is 0. The second kappa shape index (κ2) is 17.0. The molecule has 2 aliphatic rings. The van der Waals surface area contributed by atoms with Gasteiger partial charge in [0.15, 0.2) is 0 Å². The molecule has 77 heavy (non-hydrogen) atoms. The van der Waals surface area contributed by atoms with Crippen LogP contribution in [0.15, 0.2) is 291 Å². The van der Waals surface area contributed by atoms with Crippen LogP contribution >= 0.6 is 0 Å². The van der Waals surface area contributed by atoms with Gasteiger partial charge in [0.25, 0.3) is 0 Å². The van der Waals surface area contributed by atoms with Gasteiger partial charge in [-0.1, -0.05) is 237 Å². The third-order valence-electron chi connectivity index (χ3n) is 16.8. The van der Waals surface area contributed by atoms with E-state index in [9.17, 15) is 0 Å². The van der Waals surface area contributed by atoms with Crippen LogP contribution in [0.5, 0.6) is 0 Å². The Kier molecular flexibility index (Phi) is 9.58. The Bertz CT molecular complexity index is 4570. The number of anilines is 3. The van der Waals surface area contributed by atoms with Gasteiger partial charge in [-0.25, -0.2) is 0 Å². The molecule has 2 aliphatic carbocycles. The third kappa shape index (κ3) is 6.37. The van der Waals surface area contributed by atoms with Crippen LogP contribution in [-0.2, 0) is 5.41 Å². The molecule has 2 heteroatoms. The second-order valence-corrected chi connectivity index (χ2v) is 20.7. The zero-order valence-electron chi connectivity index (χ0n) is 42.1. The van der Waals surface area contributed by atoms with Crippen molar-refractivity contribution in [1.82, 2.24) is 4.57 Å². The molecule has 16 rings (SSSR count). The van der Waals surface area contributed by atoms with E-state index in [0.29, 0.717) is 0 Å². The van der Waals surface area contributed by atoms with Crippen molar-refractivity contribution in [2.45, 2.75) is 5.41 Å². The van der Waals surface area contributed by atoms with Crippen molar-refractivity contribution in [2.24, 2.45) is 0 Å². The molecule has 1 heterocycles. The topological polar surface area (TPSA) is 8.17 Å². The fourth-order valence-electron chi connectivity index (χ4n) is 13.6. The van der Waals surface area contributed by atoms with Crippen molar-refractivity contribution in [3.8, 4) is 61.3 Å². The summed E-state index contributed by atoms with van der Waals surface area (Å²) in [6, 6.07) is 108. The Balaban J connectivity index is 0.895. The van der Waals surface area contributed by atoms with Crippen molar-refractivity contribution in [2.75, 3.05) is 4.90 Å². The van der Waals surface area contributed by atoms with Gasteiger partial charge in [0.1, 0.15) is 0 Å². The van der Waals surface area contributed by atoms with Crippen molar-refractivity contribution in [1.29, 1.82) is 0 Å². The summed E-state index contributed by atoms with van der Waals surface area (Å²) in [6.45, 7) is 0. The fourth-order valence-corrected chi connectivity index (χ4v) is 13.6. The van der Waals surface area contributed by atoms with Crippen molar-refractivity contribution in [3.05, 3.63) is 313 Å². The van der Waals surface area contributed by atoms with Gasteiger partial charge in [0.2, 0.25) is 0 Å². The summed E-state index contributed by atoms with van der Waals surface area (Å²) in [4.78, 5) is 2.53. The summed E-state index contributed by atoms with van der Waals surface area (Å²) in [6.07, 6.45) is 0. The lowest BCUT2D eigenvalue weighted by molar-refractivity contribution is 0.793. The summed E-state index contributed by atoms with van der Waals surface area (Å²) in [5.41, 5.74) is 24.0. The molecule has 0 unspecified atom stereocenters. The normalized spacial score (nSPS) is 12.8. The van der Waals surface area contributed by atoms with E-state index in [1.807, 2.05) is 0 Å². The van der Waals surface area contributed by atoms with Gasteiger partial charge in [0, 0.05) is 33.3 Å². The highest BCUT2D eigenvalue weighted by Crippen LogP contribution is 2.65. The molecule has 358 valence electrons. The molecule has 1 aromatic heterocycles. The van der Waals surface area contributed by atoms with Crippen molar-refractivity contribution < 1.29 is 0 Å². The van der Waals surface area contributed by atoms with Gasteiger partial charge >= 0.3 is 0 Å². The highest BCUT2D eigenvalue weighted by atomic mass is 15.1. The lowest BCUT2D eigenvalue weighted by Crippen LogP contribution is -2.28.